The molecule has 25 heavy (non-hydrogen) atoms. The van der Waals surface area contributed by atoms with Gasteiger partial charge >= 0.3 is 13.6 Å². The second-order valence-electron chi connectivity index (χ2n) is 7.52. The van der Waals surface area contributed by atoms with Crippen molar-refractivity contribution in [3.05, 3.63) is 0 Å². The van der Waals surface area contributed by atoms with E-state index >= 15 is 0 Å². The van der Waals surface area contributed by atoms with Crippen molar-refractivity contribution in [2.45, 2.75) is 77.7 Å². The van der Waals surface area contributed by atoms with Crippen LogP contribution in [0.4, 0.5) is 0 Å². The summed E-state index contributed by atoms with van der Waals surface area (Å²) in [6, 6.07) is 0. The number of rotatable bonds is 12. The molecule has 0 bridgehead atoms. The highest BCUT2D eigenvalue weighted by Crippen LogP contribution is 2.55. The van der Waals surface area contributed by atoms with Gasteiger partial charge in [-0.1, -0.05) is 20.8 Å². The molecule has 0 aromatic rings. The van der Waals surface area contributed by atoms with Gasteiger partial charge in [0.2, 0.25) is 0 Å². The van der Waals surface area contributed by atoms with Gasteiger partial charge in [-0.25, -0.2) is 0 Å². The Kier molecular flexibility index (Phi) is 10.7. The predicted octanol–water partition coefficient (Wildman–Crippen LogP) is 4.99. The Morgan fingerprint density at radius 1 is 1.08 bits per heavy atom. The first kappa shape index (κ1) is 24.8. The first-order valence-electron chi connectivity index (χ1n) is 9.05. The van der Waals surface area contributed by atoms with Crippen LogP contribution in [-0.4, -0.2) is 46.9 Å². The molecule has 1 unspecified atom stereocenters. The largest absolute Gasteiger partial charge is 0.468 e. The maximum Gasteiger partial charge on any atom is 0.344 e. The Morgan fingerprint density at radius 2 is 1.60 bits per heavy atom. The molecule has 0 aromatic carbocycles. The van der Waals surface area contributed by atoms with Gasteiger partial charge in [0.25, 0.3) is 0 Å². The van der Waals surface area contributed by atoms with Crippen LogP contribution in [0.1, 0.15) is 53.9 Å². The molecule has 0 spiro atoms. The summed E-state index contributed by atoms with van der Waals surface area (Å²) in [7, 11) is -4.00. The molecule has 6 nitrogen and oxygen atoms in total. The number of esters is 1. The minimum Gasteiger partial charge on any atom is -0.468 e. The van der Waals surface area contributed by atoms with Gasteiger partial charge in [-0.3, -0.25) is 9.36 Å². The van der Waals surface area contributed by atoms with Gasteiger partial charge in [-0.05, 0) is 51.2 Å². The van der Waals surface area contributed by atoms with E-state index in [2.05, 4.69) is 33.9 Å². The van der Waals surface area contributed by atoms with Gasteiger partial charge in [0.05, 0.1) is 20.3 Å². The summed E-state index contributed by atoms with van der Waals surface area (Å²) >= 11 is 0. The first-order valence-corrected chi connectivity index (χ1v) is 13.6. The summed E-state index contributed by atoms with van der Waals surface area (Å²) in [6.45, 7) is 15.6. The maximum atomic E-state index is 12.9. The highest BCUT2D eigenvalue weighted by molar-refractivity contribution is 7.55. The van der Waals surface area contributed by atoms with Crippen LogP contribution in [0.2, 0.25) is 18.1 Å². The van der Waals surface area contributed by atoms with Crippen molar-refractivity contribution in [2.24, 2.45) is 0 Å². The smallest absolute Gasteiger partial charge is 0.344 e. The summed E-state index contributed by atoms with van der Waals surface area (Å²) in [5.74, 6) is -0.546. The minimum atomic E-state index is -3.52. The lowest BCUT2D eigenvalue weighted by molar-refractivity contribution is -0.140. The summed E-state index contributed by atoms with van der Waals surface area (Å²) in [5, 5.41) is 0.168. The van der Waals surface area contributed by atoms with E-state index in [0.717, 1.165) is 6.42 Å². The van der Waals surface area contributed by atoms with E-state index < -0.39 is 27.5 Å². The van der Waals surface area contributed by atoms with E-state index in [1.54, 1.807) is 13.8 Å². The molecule has 1 atom stereocenters. The van der Waals surface area contributed by atoms with Crippen molar-refractivity contribution in [1.82, 2.24) is 0 Å². The molecule has 150 valence electrons. The molecule has 0 aliphatic rings. The molecule has 0 fully saturated rings. The summed E-state index contributed by atoms with van der Waals surface area (Å²) in [4.78, 5) is 12.1. The molecule has 0 saturated carbocycles. The van der Waals surface area contributed by atoms with Crippen LogP contribution in [0.15, 0.2) is 0 Å². The lowest BCUT2D eigenvalue weighted by Gasteiger charge is -2.36. The standard InChI is InChI=1S/C17H37O6PSi/c1-9-21-24(19,22-10-2)15(16(18)20-6)13-11-12-14-23-25(7,8)17(3,4)5/h15H,9-14H2,1-8H3. The highest BCUT2D eigenvalue weighted by Gasteiger charge is 2.41. The zero-order valence-electron chi connectivity index (χ0n) is 17.2. The Morgan fingerprint density at radius 3 is 2.00 bits per heavy atom. The zero-order chi connectivity index (χ0) is 19.7. The summed E-state index contributed by atoms with van der Waals surface area (Å²) in [5.41, 5.74) is -0.884. The van der Waals surface area contributed by atoms with Crippen molar-refractivity contribution < 1.29 is 27.6 Å². The van der Waals surface area contributed by atoms with Gasteiger partial charge in [-0.15, -0.1) is 0 Å². The normalized spacial score (nSPS) is 14.4. The highest BCUT2D eigenvalue weighted by atomic mass is 31.2. The molecule has 0 aromatic heterocycles. The average molecular weight is 397 g/mol. The van der Waals surface area contributed by atoms with E-state index in [4.69, 9.17) is 18.2 Å². The third-order valence-corrected chi connectivity index (χ3v) is 11.6. The van der Waals surface area contributed by atoms with Crippen molar-refractivity contribution in [1.29, 1.82) is 0 Å². The van der Waals surface area contributed by atoms with Gasteiger partial charge in [-0.2, -0.15) is 0 Å². The third-order valence-electron chi connectivity index (χ3n) is 4.61. The molecule has 0 radical (unpaired) electrons. The fourth-order valence-corrected chi connectivity index (χ4v) is 5.21. The number of carbonyl (C=O) groups is 1. The fourth-order valence-electron chi connectivity index (χ4n) is 2.10. The van der Waals surface area contributed by atoms with Crippen LogP contribution in [0, 0.1) is 0 Å². The quantitative estimate of drug-likeness (QED) is 0.200. The number of ether oxygens (including phenoxy) is 1. The lowest BCUT2D eigenvalue weighted by atomic mass is 10.2. The molecule has 0 amide bonds. The van der Waals surface area contributed by atoms with Crippen LogP contribution in [-0.2, 0) is 27.6 Å². The van der Waals surface area contributed by atoms with Gasteiger partial charge in [0.1, 0.15) is 0 Å². The Hall–Kier alpha value is -0.203. The van der Waals surface area contributed by atoms with E-state index in [1.807, 2.05) is 0 Å². The van der Waals surface area contributed by atoms with Crippen LogP contribution in [0.5, 0.6) is 0 Å². The number of methoxy groups -OCH3 is 1. The molecule has 8 heteroatoms. The second kappa shape index (κ2) is 10.8. The lowest BCUT2D eigenvalue weighted by Crippen LogP contribution is -2.41. The number of carbonyl (C=O) groups excluding carboxylic acids is 1. The van der Waals surface area contributed by atoms with Crippen molar-refractivity contribution in [3.8, 4) is 0 Å². The monoisotopic (exact) mass is 396 g/mol. The molecule has 0 saturated heterocycles. The minimum absolute atomic E-state index is 0.168. The van der Waals surface area contributed by atoms with E-state index in [-0.39, 0.29) is 18.3 Å². The number of hydrogen-bond donors (Lipinski definition) is 0. The van der Waals surface area contributed by atoms with Crippen LogP contribution < -0.4 is 0 Å². The average Bonchev–Trinajstić information content (AvgIpc) is 2.49. The van der Waals surface area contributed by atoms with E-state index in [1.165, 1.54) is 7.11 Å². The Labute approximate surface area is 154 Å². The van der Waals surface area contributed by atoms with E-state index in [0.29, 0.717) is 19.4 Å². The van der Waals surface area contributed by atoms with Crippen LogP contribution in [0.25, 0.3) is 0 Å². The molecule has 0 aliphatic carbocycles. The Bertz CT molecular complexity index is 437. The molecule has 0 N–H and O–H groups in total. The molecule has 0 heterocycles. The van der Waals surface area contributed by atoms with Crippen LogP contribution in [0.3, 0.4) is 0 Å². The second-order valence-corrected chi connectivity index (χ2v) is 14.5. The summed E-state index contributed by atoms with van der Waals surface area (Å²) in [6.07, 6.45) is 1.88. The van der Waals surface area contributed by atoms with Crippen molar-refractivity contribution in [2.75, 3.05) is 26.9 Å². The topological polar surface area (TPSA) is 71.1 Å². The summed E-state index contributed by atoms with van der Waals surface area (Å²) < 4.78 is 34.5. The number of hydrogen-bond acceptors (Lipinski definition) is 6. The fraction of sp³-hybridized carbons (Fsp3) is 0.941. The maximum absolute atomic E-state index is 12.9. The van der Waals surface area contributed by atoms with Gasteiger partial charge in [0.15, 0.2) is 14.0 Å². The number of unbranched alkanes of at least 4 members (excludes halogenated alkanes) is 1. The SMILES string of the molecule is CCOP(=O)(OCC)C(CCCCO[Si](C)(C)C(C)(C)C)C(=O)OC. The molecular formula is C17H37O6PSi. The predicted molar refractivity (Wildman–Crippen MR) is 104 cm³/mol. The molecule has 0 rings (SSSR count). The van der Waals surface area contributed by atoms with Crippen molar-refractivity contribution >= 4 is 21.9 Å². The van der Waals surface area contributed by atoms with Gasteiger partial charge in [0, 0.05) is 6.61 Å². The molecule has 0 aliphatic heterocycles. The van der Waals surface area contributed by atoms with Crippen LogP contribution >= 0.6 is 7.60 Å². The van der Waals surface area contributed by atoms with E-state index in [9.17, 15) is 9.36 Å². The van der Waals surface area contributed by atoms with Crippen molar-refractivity contribution in [3.63, 3.8) is 0 Å². The Balaban J connectivity index is 4.71. The molecular weight excluding hydrogens is 359 g/mol. The first-order chi connectivity index (χ1) is 11.4. The third kappa shape index (κ3) is 7.91. The zero-order valence-corrected chi connectivity index (χ0v) is 19.1. The van der Waals surface area contributed by atoms with Gasteiger partial charge < -0.3 is 18.2 Å².